The fourth-order valence-electron chi connectivity index (χ4n) is 1.99. The summed E-state index contributed by atoms with van der Waals surface area (Å²) in [6.45, 7) is 0. The molecule has 0 saturated carbocycles. The zero-order chi connectivity index (χ0) is 15.6. The van der Waals surface area contributed by atoms with Crippen molar-refractivity contribution >= 4 is 37.4 Å². The van der Waals surface area contributed by atoms with Crippen LogP contribution in [0, 0.1) is 0 Å². The molecule has 0 saturated heterocycles. The van der Waals surface area contributed by atoms with Gasteiger partial charge in [0.15, 0.2) is 9.84 Å². The molecular formula is C15H14BrClO3S. The van der Waals surface area contributed by atoms with Crippen LogP contribution in [0.2, 0.25) is 5.02 Å². The summed E-state index contributed by atoms with van der Waals surface area (Å²) in [6, 6.07) is 12.1. The number of rotatable bonds is 4. The van der Waals surface area contributed by atoms with Crippen molar-refractivity contribution < 1.29 is 13.2 Å². The second kappa shape index (κ2) is 6.38. The molecule has 0 aliphatic heterocycles. The molecule has 0 aliphatic rings. The fourth-order valence-corrected chi connectivity index (χ4v) is 3.48. The molecule has 6 heteroatoms. The summed E-state index contributed by atoms with van der Waals surface area (Å²) in [4.78, 5) is 0.0679. The van der Waals surface area contributed by atoms with Crippen molar-refractivity contribution in [1.29, 1.82) is 0 Å². The first-order chi connectivity index (χ1) is 9.82. The first-order valence-electron chi connectivity index (χ1n) is 6.10. The topological polar surface area (TPSA) is 43.4 Å². The molecule has 1 unspecified atom stereocenters. The molecule has 1 atom stereocenters. The highest BCUT2D eigenvalue weighted by atomic mass is 79.9. The Bertz CT molecular complexity index is 759. The smallest absolute Gasteiger partial charge is 0.175 e. The van der Waals surface area contributed by atoms with E-state index in [-0.39, 0.29) is 9.72 Å². The van der Waals surface area contributed by atoms with Gasteiger partial charge in [-0.3, -0.25) is 0 Å². The third kappa shape index (κ3) is 3.78. The third-order valence-corrected chi connectivity index (χ3v) is 5.41. The van der Waals surface area contributed by atoms with Gasteiger partial charge in [-0.15, -0.1) is 0 Å². The first kappa shape index (κ1) is 16.3. The van der Waals surface area contributed by atoms with Gasteiger partial charge in [-0.25, -0.2) is 8.42 Å². The van der Waals surface area contributed by atoms with Gasteiger partial charge >= 0.3 is 0 Å². The summed E-state index contributed by atoms with van der Waals surface area (Å²) in [5, 5.41) is 0.592. The molecule has 2 aromatic rings. The number of hydrogen-bond acceptors (Lipinski definition) is 3. The Hall–Kier alpha value is -1.04. The predicted molar refractivity (Wildman–Crippen MR) is 88.3 cm³/mol. The Kier molecular flexibility index (Phi) is 4.96. The molecular weight excluding hydrogens is 376 g/mol. The summed E-state index contributed by atoms with van der Waals surface area (Å²) < 4.78 is 28.7. The summed E-state index contributed by atoms with van der Waals surface area (Å²) in [5.74, 6) is 0.686. The van der Waals surface area contributed by atoms with Gasteiger partial charge in [-0.2, -0.15) is 0 Å². The minimum Gasteiger partial charge on any atom is -0.496 e. The molecule has 0 radical (unpaired) electrons. The van der Waals surface area contributed by atoms with Gasteiger partial charge in [0.25, 0.3) is 0 Å². The van der Waals surface area contributed by atoms with E-state index in [0.717, 1.165) is 11.1 Å². The van der Waals surface area contributed by atoms with E-state index in [0.29, 0.717) is 10.8 Å². The SMILES string of the molecule is COc1ccc(Cl)cc1C(Br)c1cccc(S(C)(=O)=O)c1. The Labute approximate surface area is 137 Å². The molecule has 0 fully saturated rings. The molecule has 0 heterocycles. The van der Waals surface area contributed by atoms with E-state index in [1.807, 2.05) is 6.07 Å². The Balaban J connectivity index is 2.50. The number of halogens is 2. The van der Waals surface area contributed by atoms with E-state index in [1.54, 1.807) is 43.5 Å². The largest absolute Gasteiger partial charge is 0.496 e. The molecule has 0 aliphatic carbocycles. The number of alkyl halides is 1. The summed E-state index contributed by atoms with van der Waals surface area (Å²) >= 11 is 9.62. The van der Waals surface area contributed by atoms with Gasteiger partial charge in [0.2, 0.25) is 0 Å². The van der Waals surface area contributed by atoms with Crippen LogP contribution >= 0.6 is 27.5 Å². The van der Waals surface area contributed by atoms with Crippen LogP contribution in [0.4, 0.5) is 0 Å². The van der Waals surface area contributed by atoms with Crippen molar-refractivity contribution in [1.82, 2.24) is 0 Å². The quantitative estimate of drug-likeness (QED) is 0.735. The van der Waals surface area contributed by atoms with Crippen LogP contribution in [0.1, 0.15) is 16.0 Å². The van der Waals surface area contributed by atoms with E-state index in [1.165, 1.54) is 6.26 Å². The molecule has 0 bridgehead atoms. The summed E-state index contributed by atoms with van der Waals surface area (Å²) in [5.41, 5.74) is 1.66. The van der Waals surface area contributed by atoms with Crippen LogP contribution in [0.15, 0.2) is 47.4 Å². The molecule has 2 rings (SSSR count). The van der Waals surface area contributed by atoms with Crippen LogP contribution in [-0.2, 0) is 9.84 Å². The number of ether oxygens (including phenoxy) is 1. The minimum atomic E-state index is -3.24. The van der Waals surface area contributed by atoms with E-state index in [2.05, 4.69) is 15.9 Å². The normalized spacial score (nSPS) is 13.0. The average Bonchev–Trinajstić information content (AvgIpc) is 2.45. The fraction of sp³-hybridized carbons (Fsp3) is 0.200. The van der Waals surface area contributed by atoms with Crippen molar-refractivity contribution in [2.24, 2.45) is 0 Å². The van der Waals surface area contributed by atoms with Crippen molar-refractivity contribution in [3.05, 3.63) is 58.6 Å². The van der Waals surface area contributed by atoms with Crippen molar-refractivity contribution in [2.75, 3.05) is 13.4 Å². The second-order valence-corrected chi connectivity index (χ2v) is 7.96. The van der Waals surface area contributed by atoms with Crippen molar-refractivity contribution in [2.45, 2.75) is 9.72 Å². The zero-order valence-electron chi connectivity index (χ0n) is 11.5. The lowest BCUT2D eigenvalue weighted by molar-refractivity contribution is 0.410. The molecule has 21 heavy (non-hydrogen) atoms. The van der Waals surface area contributed by atoms with Crippen molar-refractivity contribution in [3.63, 3.8) is 0 Å². The molecule has 3 nitrogen and oxygen atoms in total. The minimum absolute atomic E-state index is 0.215. The Morgan fingerprint density at radius 3 is 2.52 bits per heavy atom. The van der Waals surface area contributed by atoms with Crippen LogP contribution < -0.4 is 4.74 Å². The third-order valence-electron chi connectivity index (χ3n) is 3.04. The summed E-state index contributed by atoms with van der Waals surface area (Å²) in [6.07, 6.45) is 1.19. The lowest BCUT2D eigenvalue weighted by atomic mass is 10.0. The summed E-state index contributed by atoms with van der Waals surface area (Å²) in [7, 11) is -1.66. The Morgan fingerprint density at radius 2 is 1.90 bits per heavy atom. The second-order valence-electron chi connectivity index (χ2n) is 4.59. The predicted octanol–water partition coefficient (Wildman–Crippen LogP) is 4.24. The lowest BCUT2D eigenvalue weighted by Crippen LogP contribution is -2.01. The number of methoxy groups -OCH3 is 1. The van der Waals surface area contributed by atoms with Gasteiger partial charge < -0.3 is 4.74 Å². The molecule has 0 N–H and O–H groups in total. The number of sulfone groups is 1. The average molecular weight is 390 g/mol. The van der Waals surface area contributed by atoms with E-state index < -0.39 is 9.84 Å². The maximum atomic E-state index is 11.7. The lowest BCUT2D eigenvalue weighted by Gasteiger charge is -2.15. The van der Waals surface area contributed by atoms with Gasteiger partial charge in [0.05, 0.1) is 16.8 Å². The first-order valence-corrected chi connectivity index (χ1v) is 9.29. The van der Waals surface area contributed by atoms with Gasteiger partial charge in [-0.05, 0) is 35.9 Å². The van der Waals surface area contributed by atoms with E-state index in [4.69, 9.17) is 16.3 Å². The number of hydrogen-bond donors (Lipinski definition) is 0. The van der Waals surface area contributed by atoms with Gasteiger partial charge in [-0.1, -0.05) is 39.7 Å². The standard InChI is InChI=1S/C15H14BrClO3S/c1-20-14-7-6-11(17)9-13(14)15(16)10-4-3-5-12(8-10)21(2,18)19/h3-9,15H,1-2H3. The highest BCUT2D eigenvalue weighted by Crippen LogP contribution is 2.38. The van der Waals surface area contributed by atoms with Crippen LogP contribution in [-0.4, -0.2) is 21.8 Å². The maximum Gasteiger partial charge on any atom is 0.175 e. The molecule has 0 aromatic heterocycles. The van der Waals surface area contributed by atoms with E-state index >= 15 is 0 Å². The molecule has 0 amide bonds. The van der Waals surface area contributed by atoms with Gasteiger partial charge in [0, 0.05) is 16.8 Å². The highest BCUT2D eigenvalue weighted by Gasteiger charge is 2.17. The molecule has 112 valence electrons. The Morgan fingerprint density at radius 1 is 1.19 bits per heavy atom. The molecule has 2 aromatic carbocycles. The zero-order valence-corrected chi connectivity index (χ0v) is 14.7. The number of benzene rings is 2. The van der Waals surface area contributed by atoms with Crippen LogP contribution in [0.5, 0.6) is 5.75 Å². The highest BCUT2D eigenvalue weighted by molar-refractivity contribution is 9.09. The van der Waals surface area contributed by atoms with Gasteiger partial charge in [0.1, 0.15) is 5.75 Å². The van der Waals surface area contributed by atoms with Crippen LogP contribution in [0.25, 0.3) is 0 Å². The maximum absolute atomic E-state index is 11.7. The van der Waals surface area contributed by atoms with Crippen LogP contribution in [0.3, 0.4) is 0 Å². The monoisotopic (exact) mass is 388 g/mol. The van der Waals surface area contributed by atoms with Crippen molar-refractivity contribution in [3.8, 4) is 5.75 Å². The molecule has 0 spiro atoms. The van der Waals surface area contributed by atoms with E-state index in [9.17, 15) is 8.42 Å².